The lowest BCUT2D eigenvalue weighted by molar-refractivity contribution is 0.202. The van der Waals surface area contributed by atoms with Gasteiger partial charge in [-0.1, -0.05) is 0 Å². The van der Waals surface area contributed by atoms with Gasteiger partial charge in [0.1, 0.15) is 0 Å². The van der Waals surface area contributed by atoms with E-state index < -0.39 is 0 Å². The summed E-state index contributed by atoms with van der Waals surface area (Å²) in [5.41, 5.74) is 0. The largest absolute Gasteiger partial charge is 0.388 e. The van der Waals surface area contributed by atoms with E-state index in [0.29, 0.717) is 0 Å². The molecule has 0 saturated carbocycles. The molecule has 1 aromatic rings. The first-order valence-electron chi connectivity index (χ1n) is 2.73. The Kier molecular flexibility index (Phi) is 2.91. The summed E-state index contributed by atoms with van der Waals surface area (Å²) < 4.78 is 1.97. The van der Waals surface area contributed by atoms with Crippen LogP contribution in [0, 0.1) is 0 Å². The Labute approximate surface area is 80.3 Å². The summed E-state index contributed by atoms with van der Waals surface area (Å²) in [5.74, 6) is 0. The molecule has 1 heterocycles. The van der Waals surface area contributed by atoms with Gasteiger partial charge < -0.3 is 5.11 Å². The quantitative estimate of drug-likeness (QED) is 0.839. The second kappa shape index (κ2) is 3.34. The molecule has 0 fully saturated rings. The monoisotopic (exact) mass is 284 g/mol. The molecule has 1 rings (SSSR count). The van der Waals surface area contributed by atoms with Crippen LogP contribution in [0.5, 0.6) is 0 Å². The Morgan fingerprint density at radius 2 is 2.20 bits per heavy atom. The van der Waals surface area contributed by atoms with E-state index in [-0.39, 0.29) is 6.10 Å². The molecule has 10 heavy (non-hydrogen) atoms. The summed E-state index contributed by atoms with van der Waals surface area (Å²) in [6, 6.07) is 0. The summed E-state index contributed by atoms with van der Waals surface area (Å²) >= 11 is 8.23. The minimum atomic E-state index is -0.384. The molecule has 1 aromatic heterocycles. The molecule has 0 amide bonds. The van der Waals surface area contributed by atoms with Crippen molar-refractivity contribution in [3.8, 4) is 0 Å². The Hall–Kier alpha value is 0.620. The highest BCUT2D eigenvalue weighted by Crippen LogP contribution is 2.36. The Bertz CT molecular complexity index is 232. The van der Waals surface area contributed by atoms with Crippen LogP contribution in [0.2, 0.25) is 0 Å². The van der Waals surface area contributed by atoms with E-state index in [4.69, 9.17) is 0 Å². The molecule has 4 heteroatoms. The van der Waals surface area contributed by atoms with Crippen molar-refractivity contribution in [1.82, 2.24) is 0 Å². The van der Waals surface area contributed by atoms with Gasteiger partial charge in [-0.2, -0.15) is 0 Å². The van der Waals surface area contributed by atoms with Gasteiger partial charge in [0.2, 0.25) is 0 Å². The Morgan fingerprint density at radius 3 is 2.40 bits per heavy atom. The number of hydrogen-bond donors (Lipinski definition) is 1. The molecule has 1 atom stereocenters. The highest BCUT2D eigenvalue weighted by atomic mass is 79.9. The minimum Gasteiger partial charge on any atom is -0.388 e. The number of aliphatic hydroxyl groups is 1. The fourth-order valence-corrected chi connectivity index (χ4v) is 2.88. The van der Waals surface area contributed by atoms with Gasteiger partial charge in [-0.05, 0) is 38.8 Å². The fraction of sp³-hybridized carbons (Fsp3) is 0.333. The van der Waals surface area contributed by atoms with Crippen molar-refractivity contribution in [3.63, 3.8) is 0 Å². The zero-order valence-corrected chi connectivity index (χ0v) is 9.25. The smallest absolute Gasteiger partial charge is 0.0865 e. The molecule has 56 valence electrons. The predicted molar refractivity (Wildman–Crippen MR) is 50.4 cm³/mol. The summed E-state index contributed by atoms with van der Waals surface area (Å²) in [6.45, 7) is 1.75. The van der Waals surface area contributed by atoms with Crippen LogP contribution in [-0.4, -0.2) is 5.11 Å². The summed E-state index contributed by atoms with van der Waals surface area (Å²) in [5, 5.41) is 11.1. The maximum atomic E-state index is 9.18. The van der Waals surface area contributed by atoms with Crippen LogP contribution in [0.4, 0.5) is 0 Å². The number of rotatable bonds is 1. The zero-order valence-electron chi connectivity index (χ0n) is 5.27. The van der Waals surface area contributed by atoms with Gasteiger partial charge in [0.15, 0.2) is 0 Å². The molecular weight excluding hydrogens is 280 g/mol. The van der Waals surface area contributed by atoms with E-state index in [1.807, 2.05) is 5.38 Å². The van der Waals surface area contributed by atoms with Gasteiger partial charge in [0.05, 0.1) is 6.10 Å². The van der Waals surface area contributed by atoms with Crippen molar-refractivity contribution in [1.29, 1.82) is 0 Å². The number of thiophene rings is 1. The predicted octanol–water partition coefficient (Wildman–Crippen LogP) is 3.33. The van der Waals surface area contributed by atoms with Crippen LogP contribution in [0.15, 0.2) is 14.3 Å². The average molecular weight is 286 g/mol. The SMILES string of the molecule is C[C@H](O)c1scc(Br)c1Br. The molecule has 0 aliphatic carbocycles. The average Bonchev–Trinajstić information content (AvgIpc) is 2.14. The van der Waals surface area contributed by atoms with Gasteiger partial charge in [-0.3, -0.25) is 0 Å². The molecular formula is C6H6Br2OS. The van der Waals surface area contributed by atoms with Gasteiger partial charge in [0.25, 0.3) is 0 Å². The second-order valence-corrected chi connectivity index (χ2v) is 4.50. The lowest BCUT2D eigenvalue weighted by atomic mass is 10.3. The van der Waals surface area contributed by atoms with E-state index in [2.05, 4.69) is 31.9 Å². The number of aliphatic hydroxyl groups excluding tert-OH is 1. The Morgan fingerprint density at radius 1 is 1.60 bits per heavy atom. The minimum absolute atomic E-state index is 0.384. The van der Waals surface area contributed by atoms with Crippen LogP contribution >= 0.6 is 43.2 Å². The summed E-state index contributed by atoms with van der Waals surface area (Å²) in [4.78, 5) is 0.965. The van der Waals surface area contributed by atoms with Crippen LogP contribution in [0.3, 0.4) is 0 Å². The standard InChI is InChI=1S/C6H6Br2OS/c1-3(9)6-5(8)4(7)2-10-6/h2-3,9H,1H3/t3-/m0/s1. The summed E-state index contributed by atoms with van der Waals surface area (Å²) in [7, 11) is 0. The van der Waals surface area contributed by atoms with Gasteiger partial charge in [0, 0.05) is 19.2 Å². The van der Waals surface area contributed by atoms with E-state index in [0.717, 1.165) is 13.8 Å². The molecule has 0 unspecified atom stereocenters. The first-order valence-corrected chi connectivity index (χ1v) is 5.20. The third-order valence-electron chi connectivity index (χ3n) is 1.09. The maximum Gasteiger partial charge on any atom is 0.0865 e. The van der Waals surface area contributed by atoms with Crippen molar-refractivity contribution >= 4 is 43.2 Å². The molecule has 0 saturated heterocycles. The molecule has 0 bridgehead atoms. The number of halogens is 2. The van der Waals surface area contributed by atoms with Crippen molar-refractivity contribution in [2.24, 2.45) is 0 Å². The van der Waals surface area contributed by atoms with Gasteiger partial charge >= 0.3 is 0 Å². The lowest BCUT2D eigenvalue weighted by Crippen LogP contribution is -1.85. The molecule has 1 nitrogen and oxygen atoms in total. The second-order valence-electron chi connectivity index (χ2n) is 1.94. The Balaban J connectivity index is 3.05. The van der Waals surface area contributed by atoms with E-state index in [1.165, 1.54) is 0 Å². The molecule has 0 aliphatic rings. The van der Waals surface area contributed by atoms with E-state index >= 15 is 0 Å². The first-order chi connectivity index (χ1) is 4.63. The molecule has 0 radical (unpaired) electrons. The van der Waals surface area contributed by atoms with E-state index in [1.54, 1.807) is 18.3 Å². The van der Waals surface area contributed by atoms with Crippen LogP contribution in [0.25, 0.3) is 0 Å². The molecule has 0 aliphatic heterocycles. The summed E-state index contributed by atoms with van der Waals surface area (Å²) in [6.07, 6.45) is -0.384. The third kappa shape index (κ3) is 1.61. The van der Waals surface area contributed by atoms with Crippen LogP contribution in [-0.2, 0) is 0 Å². The normalized spacial score (nSPS) is 13.6. The molecule has 1 N–H and O–H groups in total. The van der Waals surface area contributed by atoms with Crippen LogP contribution < -0.4 is 0 Å². The maximum absolute atomic E-state index is 9.18. The van der Waals surface area contributed by atoms with Gasteiger partial charge in [-0.25, -0.2) is 0 Å². The first kappa shape index (κ1) is 8.71. The van der Waals surface area contributed by atoms with E-state index in [9.17, 15) is 5.11 Å². The fourth-order valence-electron chi connectivity index (χ4n) is 0.618. The molecule has 0 aromatic carbocycles. The van der Waals surface area contributed by atoms with Crippen LogP contribution in [0.1, 0.15) is 17.9 Å². The topological polar surface area (TPSA) is 20.2 Å². The highest BCUT2D eigenvalue weighted by molar-refractivity contribution is 9.13. The van der Waals surface area contributed by atoms with Gasteiger partial charge in [-0.15, -0.1) is 11.3 Å². The zero-order chi connectivity index (χ0) is 7.72. The lowest BCUT2D eigenvalue weighted by Gasteiger charge is -1.99. The van der Waals surface area contributed by atoms with Crippen molar-refractivity contribution in [2.45, 2.75) is 13.0 Å². The van der Waals surface area contributed by atoms with Crippen molar-refractivity contribution < 1.29 is 5.11 Å². The van der Waals surface area contributed by atoms with Crippen molar-refractivity contribution in [2.75, 3.05) is 0 Å². The van der Waals surface area contributed by atoms with Crippen molar-refractivity contribution in [3.05, 3.63) is 19.2 Å². The third-order valence-corrected chi connectivity index (χ3v) is 4.82. The molecule has 0 spiro atoms. The number of hydrogen-bond acceptors (Lipinski definition) is 2. The highest BCUT2D eigenvalue weighted by Gasteiger charge is 2.10.